The minimum atomic E-state index is 0.0377. The lowest BCUT2D eigenvalue weighted by Crippen LogP contribution is -2.48. The predicted octanol–water partition coefficient (Wildman–Crippen LogP) is 4.77. The Labute approximate surface area is 185 Å². The molecule has 0 radical (unpaired) electrons. The molecule has 0 unspecified atom stereocenters. The van der Waals surface area contributed by atoms with Crippen LogP contribution in [0.2, 0.25) is 0 Å². The van der Waals surface area contributed by atoms with Gasteiger partial charge in [-0.25, -0.2) is 0 Å². The zero-order valence-corrected chi connectivity index (χ0v) is 18.4. The third-order valence-electron chi connectivity index (χ3n) is 7.93. The number of benzene rings is 2. The van der Waals surface area contributed by atoms with Crippen molar-refractivity contribution in [2.75, 3.05) is 13.7 Å². The fraction of sp³-hybridized carbons (Fsp3) is 0.519. The average Bonchev–Trinajstić information content (AvgIpc) is 2.74. The molecule has 2 aromatic rings. The number of aromatic hydroxyl groups is 1. The van der Waals surface area contributed by atoms with Crippen molar-refractivity contribution in [1.29, 1.82) is 0 Å². The van der Waals surface area contributed by atoms with E-state index in [4.69, 9.17) is 4.74 Å². The lowest BCUT2D eigenvalue weighted by atomic mass is 9.48. The Morgan fingerprint density at radius 1 is 1.00 bits per heavy atom. The highest BCUT2D eigenvalue weighted by molar-refractivity contribution is 5.78. The molecular weight excluding hydrogens is 386 g/mol. The van der Waals surface area contributed by atoms with Gasteiger partial charge >= 0.3 is 0 Å². The van der Waals surface area contributed by atoms with Gasteiger partial charge in [0.15, 0.2) is 0 Å². The molecule has 2 aromatic carbocycles. The van der Waals surface area contributed by atoms with Crippen molar-refractivity contribution >= 4 is 5.91 Å². The molecule has 4 bridgehead atoms. The normalized spacial score (nSPS) is 28.5. The van der Waals surface area contributed by atoms with Crippen LogP contribution in [0.5, 0.6) is 11.5 Å². The SMILES string of the molecule is COc1ccc(CCNC(=O)Cc2ccc(O)c(C34CC5CC(CC(C5)C3)C4)c2)cc1. The van der Waals surface area contributed by atoms with Crippen LogP contribution in [0.15, 0.2) is 42.5 Å². The minimum absolute atomic E-state index is 0.0377. The van der Waals surface area contributed by atoms with Crippen molar-refractivity contribution in [3.8, 4) is 11.5 Å². The maximum absolute atomic E-state index is 12.6. The summed E-state index contributed by atoms with van der Waals surface area (Å²) < 4.78 is 5.19. The number of rotatable bonds is 7. The summed E-state index contributed by atoms with van der Waals surface area (Å²) in [6, 6.07) is 13.8. The molecule has 0 aliphatic heterocycles. The molecule has 2 N–H and O–H groups in total. The molecule has 31 heavy (non-hydrogen) atoms. The molecule has 4 aliphatic carbocycles. The highest BCUT2D eigenvalue weighted by Gasteiger charge is 2.52. The molecule has 4 saturated carbocycles. The Morgan fingerprint density at radius 2 is 1.61 bits per heavy atom. The predicted molar refractivity (Wildman–Crippen MR) is 121 cm³/mol. The first-order valence-corrected chi connectivity index (χ1v) is 11.7. The molecule has 0 heterocycles. The smallest absolute Gasteiger partial charge is 0.224 e. The molecule has 1 amide bonds. The van der Waals surface area contributed by atoms with Crippen LogP contribution >= 0.6 is 0 Å². The lowest BCUT2D eigenvalue weighted by Gasteiger charge is -2.57. The summed E-state index contributed by atoms with van der Waals surface area (Å²) >= 11 is 0. The number of ether oxygens (including phenoxy) is 1. The number of phenols is 1. The Morgan fingerprint density at radius 3 is 2.23 bits per heavy atom. The first kappa shape index (κ1) is 20.4. The van der Waals surface area contributed by atoms with Gasteiger partial charge in [0.2, 0.25) is 5.91 Å². The lowest BCUT2D eigenvalue weighted by molar-refractivity contribution is -0.120. The molecule has 4 nitrogen and oxygen atoms in total. The van der Waals surface area contributed by atoms with Crippen LogP contribution in [0.4, 0.5) is 0 Å². The van der Waals surface area contributed by atoms with Crippen LogP contribution in [0.3, 0.4) is 0 Å². The fourth-order valence-electron chi connectivity index (χ4n) is 6.94. The van der Waals surface area contributed by atoms with E-state index in [2.05, 4.69) is 11.4 Å². The van der Waals surface area contributed by atoms with Gasteiger partial charge in [0.05, 0.1) is 13.5 Å². The van der Waals surface area contributed by atoms with E-state index in [1.165, 1.54) is 44.1 Å². The number of methoxy groups -OCH3 is 1. The Balaban J connectivity index is 1.22. The Kier molecular flexibility index (Phi) is 5.41. The summed E-state index contributed by atoms with van der Waals surface area (Å²) in [6.45, 7) is 0.616. The largest absolute Gasteiger partial charge is 0.508 e. The first-order valence-electron chi connectivity index (χ1n) is 11.7. The fourth-order valence-corrected chi connectivity index (χ4v) is 6.94. The van der Waals surface area contributed by atoms with Gasteiger partial charge < -0.3 is 15.2 Å². The second-order valence-electron chi connectivity index (χ2n) is 10.2. The quantitative estimate of drug-likeness (QED) is 0.680. The summed E-state index contributed by atoms with van der Waals surface area (Å²) in [7, 11) is 1.66. The van der Waals surface area contributed by atoms with Gasteiger partial charge in [-0.3, -0.25) is 4.79 Å². The van der Waals surface area contributed by atoms with Crippen LogP contribution in [-0.2, 0) is 23.1 Å². The number of carbonyl (C=O) groups is 1. The van der Waals surface area contributed by atoms with E-state index in [0.717, 1.165) is 41.1 Å². The molecule has 4 aliphatic rings. The monoisotopic (exact) mass is 419 g/mol. The maximum atomic E-state index is 12.6. The third-order valence-corrected chi connectivity index (χ3v) is 7.93. The van der Waals surface area contributed by atoms with Crippen LogP contribution in [0.1, 0.15) is 55.2 Å². The van der Waals surface area contributed by atoms with E-state index in [1.807, 2.05) is 36.4 Å². The average molecular weight is 420 g/mol. The standard InChI is InChI=1S/C27H33NO3/c1-31-23-5-2-18(3-6-23)8-9-28-26(30)14-19-4-7-25(29)24(13-19)27-15-20-10-21(16-27)12-22(11-20)17-27/h2-7,13,20-22,29H,8-12,14-17H2,1H3,(H,28,30). The summed E-state index contributed by atoms with van der Waals surface area (Å²) in [4.78, 5) is 12.6. The summed E-state index contributed by atoms with van der Waals surface area (Å²) in [5, 5.41) is 13.8. The zero-order chi connectivity index (χ0) is 21.4. The van der Waals surface area contributed by atoms with E-state index >= 15 is 0 Å². The van der Waals surface area contributed by atoms with Crippen molar-refractivity contribution in [1.82, 2.24) is 5.32 Å². The molecule has 0 spiro atoms. The van der Waals surface area contributed by atoms with Crippen LogP contribution in [0.25, 0.3) is 0 Å². The van der Waals surface area contributed by atoms with Crippen LogP contribution in [-0.4, -0.2) is 24.7 Å². The zero-order valence-electron chi connectivity index (χ0n) is 18.4. The molecule has 0 atom stereocenters. The molecular formula is C27H33NO3. The van der Waals surface area contributed by atoms with E-state index in [-0.39, 0.29) is 11.3 Å². The van der Waals surface area contributed by atoms with Crippen molar-refractivity contribution in [2.45, 2.75) is 56.8 Å². The van der Waals surface area contributed by atoms with E-state index in [1.54, 1.807) is 7.11 Å². The van der Waals surface area contributed by atoms with Gasteiger partial charge in [0.25, 0.3) is 0 Å². The van der Waals surface area contributed by atoms with Crippen molar-refractivity contribution in [2.24, 2.45) is 17.8 Å². The summed E-state index contributed by atoms with van der Waals surface area (Å²) in [5.74, 6) is 3.79. The van der Waals surface area contributed by atoms with E-state index < -0.39 is 0 Å². The third kappa shape index (κ3) is 4.17. The number of nitrogens with one attached hydrogen (secondary N) is 1. The number of hydrogen-bond donors (Lipinski definition) is 2. The second-order valence-corrected chi connectivity index (χ2v) is 10.2. The Bertz CT molecular complexity index is 914. The van der Waals surface area contributed by atoms with Gasteiger partial charge in [-0.2, -0.15) is 0 Å². The molecule has 4 heteroatoms. The molecule has 0 aromatic heterocycles. The van der Waals surface area contributed by atoms with Crippen molar-refractivity contribution < 1.29 is 14.6 Å². The van der Waals surface area contributed by atoms with Gasteiger partial charge in [-0.05, 0) is 97.4 Å². The Hall–Kier alpha value is -2.49. The summed E-state index contributed by atoms with van der Waals surface area (Å²) in [6.07, 6.45) is 8.95. The summed E-state index contributed by atoms with van der Waals surface area (Å²) in [5.41, 5.74) is 3.43. The molecule has 4 fully saturated rings. The number of amides is 1. The minimum Gasteiger partial charge on any atom is -0.508 e. The maximum Gasteiger partial charge on any atom is 0.224 e. The molecule has 0 saturated heterocycles. The van der Waals surface area contributed by atoms with Gasteiger partial charge in [0, 0.05) is 12.1 Å². The number of phenolic OH excluding ortho intramolecular Hbond substituents is 1. The number of carbonyl (C=O) groups excluding carboxylic acids is 1. The van der Waals surface area contributed by atoms with Crippen LogP contribution < -0.4 is 10.1 Å². The first-order chi connectivity index (χ1) is 15.0. The highest BCUT2D eigenvalue weighted by Crippen LogP contribution is 2.61. The van der Waals surface area contributed by atoms with Gasteiger partial charge in [0.1, 0.15) is 11.5 Å². The molecule has 164 valence electrons. The van der Waals surface area contributed by atoms with E-state index in [9.17, 15) is 9.90 Å². The highest BCUT2D eigenvalue weighted by atomic mass is 16.5. The van der Waals surface area contributed by atoms with E-state index in [0.29, 0.717) is 18.7 Å². The van der Waals surface area contributed by atoms with Crippen molar-refractivity contribution in [3.05, 3.63) is 59.2 Å². The van der Waals surface area contributed by atoms with Crippen molar-refractivity contribution in [3.63, 3.8) is 0 Å². The van der Waals surface area contributed by atoms with Crippen LogP contribution in [0, 0.1) is 17.8 Å². The van der Waals surface area contributed by atoms with Gasteiger partial charge in [-0.15, -0.1) is 0 Å². The van der Waals surface area contributed by atoms with Gasteiger partial charge in [-0.1, -0.05) is 24.3 Å². The second kappa shape index (κ2) is 8.22. The topological polar surface area (TPSA) is 58.6 Å². The molecule has 6 rings (SSSR count). The number of hydrogen-bond acceptors (Lipinski definition) is 3.